The number of rotatable bonds is 7. The number of ether oxygens (including phenoxy) is 2. The number of aryl methyl sites for hydroxylation is 1. The second-order valence-electron chi connectivity index (χ2n) is 5.82. The van der Waals surface area contributed by atoms with Crippen LogP contribution < -0.4 is 4.74 Å². The van der Waals surface area contributed by atoms with Crippen LogP contribution in [0.5, 0.6) is 5.75 Å². The Hall–Kier alpha value is -2.53. The van der Waals surface area contributed by atoms with E-state index in [1.54, 1.807) is 18.3 Å². The molecule has 2 aromatic heterocycles. The molecule has 0 unspecified atom stereocenters. The van der Waals surface area contributed by atoms with Crippen LogP contribution in [0.15, 0.2) is 49.4 Å². The van der Waals surface area contributed by atoms with Crippen LogP contribution in [-0.4, -0.2) is 16.2 Å². The van der Waals surface area contributed by atoms with E-state index < -0.39 is 0 Å². The molecular formula is C20H22ClFN2O2. The van der Waals surface area contributed by atoms with Crippen LogP contribution in [0.3, 0.4) is 0 Å². The zero-order valence-electron chi connectivity index (χ0n) is 14.9. The summed E-state index contributed by atoms with van der Waals surface area (Å²) in [5.41, 5.74) is 5.04. The van der Waals surface area contributed by atoms with Gasteiger partial charge in [0, 0.05) is 18.0 Å². The monoisotopic (exact) mass is 376 g/mol. The largest absolute Gasteiger partial charge is 0.500 e. The Bertz CT molecular complexity index is 891. The van der Waals surface area contributed by atoms with Crippen molar-refractivity contribution in [3.8, 4) is 5.75 Å². The number of benzene rings is 1. The smallest absolute Gasteiger partial charge is 0.147 e. The summed E-state index contributed by atoms with van der Waals surface area (Å²) in [7, 11) is 0. The highest BCUT2D eigenvalue weighted by Gasteiger charge is 2.16. The van der Waals surface area contributed by atoms with E-state index in [0.717, 1.165) is 33.6 Å². The molecule has 1 aromatic carbocycles. The van der Waals surface area contributed by atoms with Gasteiger partial charge >= 0.3 is 0 Å². The summed E-state index contributed by atoms with van der Waals surface area (Å²) in [6.07, 6.45) is 3.19. The number of halogens is 2. The van der Waals surface area contributed by atoms with Gasteiger partial charge in [-0.1, -0.05) is 18.7 Å². The van der Waals surface area contributed by atoms with E-state index in [1.165, 1.54) is 18.4 Å². The number of pyridine rings is 1. The molecule has 2 heterocycles. The van der Waals surface area contributed by atoms with Crippen LogP contribution in [0.25, 0.3) is 11.0 Å². The molecule has 4 nitrogen and oxygen atoms in total. The van der Waals surface area contributed by atoms with Gasteiger partial charge in [0.2, 0.25) is 0 Å². The molecule has 0 N–H and O–H groups in total. The number of fused-ring (bicyclic) bond motifs is 1. The van der Waals surface area contributed by atoms with Crippen molar-refractivity contribution in [3.05, 3.63) is 72.0 Å². The van der Waals surface area contributed by atoms with E-state index in [0.29, 0.717) is 19.8 Å². The van der Waals surface area contributed by atoms with Crippen LogP contribution in [0.1, 0.15) is 16.8 Å². The molecule has 0 aliphatic heterocycles. The molecule has 0 aliphatic rings. The predicted molar refractivity (Wildman–Crippen MR) is 103 cm³/mol. The fraction of sp³-hybridized carbons (Fsp3) is 0.250. The second kappa shape index (κ2) is 8.72. The van der Waals surface area contributed by atoms with Gasteiger partial charge in [0.1, 0.15) is 30.3 Å². The van der Waals surface area contributed by atoms with Crippen molar-refractivity contribution in [2.45, 2.75) is 27.0 Å². The maximum atomic E-state index is 13.0. The lowest BCUT2D eigenvalue weighted by Gasteiger charge is -2.12. The molecule has 138 valence electrons. The summed E-state index contributed by atoms with van der Waals surface area (Å²) in [5.74, 6) is 0.501. The first-order chi connectivity index (χ1) is 12.1. The Kier molecular flexibility index (Phi) is 6.64. The Morgan fingerprint density at radius 3 is 2.62 bits per heavy atom. The summed E-state index contributed by atoms with van der Waals surface area (Å²) >= 11 is 0. The van der Waals surface area contributed by atoms with Crippen LogP contribution >= 0.6 is 12.4 Å². The minimum Gasteiger partial charge on any atom is -0.500 e. The van der Waals surface area contributed by atoms with Gasteiger partial charge in [0.05, 0.1) is 18.3 Å². The SMILES string of the molecule is C=COCCn1c(C)c(C)c2nccc(OCc3ccc(F)cc3)c21.Cl. The highest BCUT2D eigenvalue weighted by Crippen LogP contribution is 2.31. The van der Waals surface area contributed by atoms with Gasteiger partial charge in [-0.2, -0.15) is 0 Å². The molecule has 3 rings (SSSR count). The van der Waals surface area contributed by atoms with E-state index in [1.807, 2.05) is 6.07 Å². The number of hydrogen-bond acceptors (Lipinski definition) is 3. The molecule has 0 saturated heterocycles. The zero-order valence-corrected chi connectivity index (χ0v) is 15.7. The first-order valence-electron chi connectivity index (χ1n) is 8.16. The van der Waals surface area contributed by atoms with Crippen molar-refractivity contribution in [2.24, 2.45) is 0 Å². The van der Waals surface area contributed by atoms with Gasteiger partial charge in [-0.3, -0.25) is 4.98 Å². The van der Waals surface area contributed by atoms with Crippen molar-refractivity contribution in [1.29, 1.82) is 0 Å². The maximum Gasteiger partial charge on any atom is 0.147 e. The Morgan fingerprint density at radius 1 is 1.19 bits per heavy atom. The first kappa shape index (κ1) is 19.8. The number of hydrogen-bond donors (Lipinski definition) is 0. The van der Waals surface area contributed by atoms with Gasteiger partial charge in [0.15, 0.2) is 0 Å². The molecule has 3 aromatic rings. The third-order valence-electron chi connectivity index (χ3n) is 4.32. The van der Waals surface area contributed by atoms with Crippen molar-refractivity contribution in [2.75, 3.05) is 6.61 Å². The van der Waals surface area contributed by atoms with Crippen molar-refractivity contribution >= 4 is 23.4 Å². The van der Waals surface area contributed by atoms with Gasteiger partial charge in [-0.15, -0.1) is 12.4 Å². The fourth-order valence-corrected chi connectivity index (χ4v) is 2.88. The lowest BCUT2D eigenvalue weighted by atomic mass is 10.2. The molecule has 26 heavy (non-hydrogen) atoms. The minimum absolute atomic E-state index is 0. The quantitative estimate of drug-likeness (QED) is 0.432. The molecule has 0 fully saturated rings. The first-order valence-corrected chi connectivity index (χ1v) is 8.16. The highest BCUT2D eigenvalue weighted by atomic mass is 35.5. The topological polar surface area (TPSA) is 36.3 Å². The van der Waals surface area contributed by atoms with Crippen molar-refractivity contribution in [3.63, 3.8) is 0 Å². The van der Waals surface area contributed by atoms with Crippen LogP contribution in [-0.2, 0) is 17.9 Å². The maximum absolute atomic E-state index is 13.0. The lowest BCUT2D eigenvalue weighted by Crippen LogP contribution is -2.07. The summed E-state index contributed by atoms with van der Waals surface area (Å²) in [6, 6.07) is 8.17. The molecule has 0 aliphatic carbocycles. The number of nitrogens with zero attached hydrogens (tertiary/aromatic N) is 2. The molecule has 0 amide bonds. The van der Waals surface area contributed by atoms with Crippen LogP contribution in [0.2, 0.25) is 0 Å². The van der Waals surface area contributed by atoms with E-state index in [4.69, 9.17) is 9.47 Å². The standard InChI is InChI=1S/C20H21FN2O2.ClH/c1-4-24-12-11-23-15(3)14(2)19-20(23)18(9-10-22-19)25-13-16-5-7-17(21)8-6-16;/h4-10H,1,11-13H2,2-3H3;1H. The van der Waals surface area contributed by atoms with E-state index >= 15 is 0 Å². The Labute approximate surface area is 158 Å². The molecule has 0 bridgehead atoms. The van der Waals surface area contributed by atoms with Crippen LogP contribution in [0, 0.1) is 19.7 Å². The fourth-order valence-electron chi connectivity index (χ4n) is 2.88. The van der Waals surface area contributed by atoms with E-state index in [2.05, 4.69) is 30.0 Å². The summed E-state index contributed by atoms with van der Waals surface area (Å²) < 4.78 is 26.5. The number of aromatic nitrogens is 2. The molecule has 0 saturated carbocycles. The van der Waals surface area contributed by atoms with Gasteiger partial charge in [-0.25, -0.2) is 4.39 Å². The Balaban J connectivity index is 0.00000243. The van der Waals surface area contributed by atoms with Gasteiger partial charge < -0.3 is 14.0 Å². The molecule has 0 spiro atoms. The summed E-state index contributed by atoms with van der Waals surface area (Å²) in [4.78, 5) is 4.51. The Morgan fingerprint density at radius 2 is 1.92 bits per heavy atom. The predicted octanol–water partition coefficient (Wildman–Crippen LogP) is 4.95. The third-order valence-corrected chi connectivity index (χ3v) is 4.32. The molecule has 0 radical (unpaired) electrons. The van der Waals surface area contributed by atoms with E-state index in [-0.39, 0.29) is 18.2 Å². The molecular weight excluding hydrogens is 355 g/mol. The summed E-state index contributed by atoms with van der Waals surface area (Å²) in [5, 5.41) is 0. The van der Waals surface area contributed by atoms with Crippen molar-refractivity contribution in [1.82, 2.24) is 9.55 Å². The summed E-state index contributed by atoms with van der Waals surface area (Å²) in [6.45, 7) is 9.27. The van der Waals surface area contributed by atoms with Crippen molar-refractivity contribution < 1.29 is 13.9 Å². The van der Waals surface area contributed by atoms with E-state index in [9.17, 15) is 4.39 Å². The third kappa shape index (κ3) is 3.99. The van der Waals surface area contributed by atoms with Gasteiger partial charge in [-0.05, 0) is 37.1 Å². The second-order valence-corrected chi connectivity index (χ2v) is 5.82. The average Bonchev–Trinajstić information content (AvgIpc) is 2.87. The lowest BCUT2D eigenvalue weighted by molar-refractivity contribution is 0.236. The normalized spacial score (nSPS) is 10.4. The molecule has 6 heteroatoms. The highest BCUT2D eigenvalue weighted by molar-refractivity contribution is 5.86. The van der Waals surface area contributed by atoms with Gasteiger partial charge in [0.25, 0.3) is 0 Å². The molecule has 0 atom stereocenters. The minimum atomic E-state index is -0.252. The zero-order chi connectivity index (χ0) is 17.8. The average molecular weight is 377 g/mol. The van der Waals surface area contributed by atoms with Crippen LogP contribution in [0.4, 0.5) is 4.39 Å².